The highest BCUT2D eigenvalue weighted by Crippen LogP contribution is 2.38. The van der Waals surface area contributed by atoms with Crippen LogP contribution in [0.25, 0.3) is 0 Å². The summed E-state index contributed by atoms with van der Waals surface area (Å²) in [4.78, 5) is 4.98. The van der Waals surface area contributed by atoms with Crippen LogP contribution in [-0.4, -0.2) is 5.17 Å². The van der Waals surface area contributed by atoms with Gasteiger partial charge in [-0.3, -0.25) is 4.99 Å². The van der Waals surface area contributed by atoms with E-state index in [0.29, 0.717) is 10.8 Å². The zero-order valence-corrected chi connectivity index (χ0v) is 16.8. The molecule has 0 amide bonds. The average Bonchev–Trinajstić information content (AvgIpc) is 3.14. The Balaban J connectivity index is 1.57. The van der Waals surface area contributed by atoms with Gasteiger partial charge < -0.3 is 5.32 Å². The van der Waals surface area contributed by atoms with Gasteiger partial charge in [0.05, 0.1) is 6.04 Å². The molecule has 0 aliphatic carbocycles. The second-order valence-electron chi connectivity index (χ2n) is 6.35. The minimum absolute atomic E-state index is 0.0472. The summed E-state index contributed by atoms with van der Waals surface area (Å²) in [6.45, 7) is 0. The first kappa shape index (κ1) is 18.4. The molecule has 0 saturated heterocycles. The molecule has 0 radical (unpaired) electrons. The maximum absolute atomic E-state index is 6.30. The van der Waals surface area contributed by atoms with Crippen LogP contribution < -0.4 is 5.32 Å². The van der Waals surface area contributed by atoms with Crippen LogP contribution in [0.4, 0.5) is 0 Å². The zero-order chi connectivity index (χ0) is 18.6. The number of hydrogen-bond acceptors (Lipinski definition) is 3. The van der Waals surface area contributed by atoms with Gasteiger partial charge in [0.2, 0.25) is 0 Å². The number of nitrogens with zero attached hydrogens (tertiary/aromatic N) is 1. The standard InChI is InChI=1S/C22H18Cl2N2S/c23-18-11-12-19(24)17(13-18)14-27-22-25-20(15-7-3-1-4-8-15)21(26-22)16-9-5-2-6-10-16/h1-13,20-21H,14H2,(H,25,26)/t20-,21+. The molecule has 3 aromatic rings. The Labute approximate surface area is 173 Å². The summed E-state index contributed by atoms with van der Waals surface area (Å²) in [7, 11) is 0. The molecule has 1 aliphatic heterocycles. The van der Waals surface area contributed by atoms with Crippen LogP contribution in [0.3, 0.4) is 0 Å². The van der Waals surface area contributed by atoms with Crippen molar-refractivity contribution in [1.29, 1.82) is 0 Å². The fourth-order valence-corrected chi connectivity index (χ4v) is 4.56. The van der Waals surface area contributed by atoms with E-state index < -0.39 is 0 Å². The molecule has 2 atom stereocenters. The summed E-state index contributed by atoms with van der Waals surface area (Å²) in [6.07, 6.45) is 0. The van der Waals surface area contributed by atoms with Crippen LogP contribution in [0, 0.1) is 0 Å². The van der Waals surface area contributed by atoms with Gasteiger partial charge in [-0.2, -0.15) is 0 Å². The van der Waals surface area contributed by atoms with Crippen molar-refractivity contribution in [3.05, 3.63) is 106 Å². The second-order valence-corrected chi connectivity index (χ2v) is 8.15. The van der Waals surface area contributed by atoms with Crippen LogP contribution in [0.2, 0.25) is 10.0 Å². The van der Waals surface area contributed by atoms with E-state index in [9.17, 15) is 0 Å². The lowest BCUT2D eigenvalue weighted by Gasteiger charge is -2.19. The summed E-state index contributed by atoms with van der Waals surface area (Å²) in [6, 6.07) is 26.6. The third kappa shape index (κ3) is 4.32. The minimum Gasteiger partial charge on any atom is -0.356 e. The summed E-state index contributed by atoms with van der Waals surface area (Å²) < 4.78 is 0. The normalized spacial score (nSPS) is 18.8. The maximum Gasteiger partial charge on any atom is 0.158 e. The predicted octanol–water partition coefficient (Wildman–Crippen LogP) is 6.67. The van der Waals surface area contributed by atoms with Crippen molar-refractivity contribution in [2.45, 2.75) is 17.8 Å². The van der Waals surface area contributed by atoms with E-state index in [2.05, 4.69) is 53.8 Å². The van der Waals surface area contributed by atoms with Crippen molar-refractivity contribution < 1.29 is 0 Å². The number of halogens is 2. The van der Waals surface area contributed by atoms with Crippen LogP contribution >= 0.6 is 35.0 Å². The van der Waals surface area contributed by atoms with Crippen molar-refractivity contribution in [2.24, 2.45) is 4.99 Å². The highest BCUT2D eigenvalue weighted by atomic mass is 35.5. The lowest BCUT2D eigenvalue weighted by atomic mass is 9.95. The van der Waals surface area contributed by atoms with Gasteiger partial charge >= 0.3 is 0 Å². The van der Waals surface area contributed by atoms with E-state index in [4.69, 9.17) is 28.2 Å². The minimum atomic E-state index is 0.0472. The smallest absolute Gasteiger partial charge is 0.158 e. The largest absolute Gasteiger partial charge is 0.356 e. The van der Waals surface area contributed by atoms with Crippen LogP contribution in [0.15, 0.2) is 83.9 Å². The predicted molar refractivity (Wildman–Crippen MR) is 117 cm³/mol. The number of nitrogens with one attached hydrogen (secondary N) is 1. The molecule has 136 valence electrons. The van der Waals surface area contributed by atoms with Gasteiger partial charge in [-0.25, -0.2) is 0 Å². The number of hydrogen-bond donors (Lipinski definition) is 1. The second kappa shape index (κ2) is 8.39. The fourth-order valence-electron chi connectivity index (χ4n) is 3.17. The fraction of sp³-hybridized carbons (Fsp3) is 0.136. The van der Waals surface area contributed by atoms with Crippen molar-refractivity contribution >= 4 is 40.1 Å². The topological polar surface area (TPSA) is 24.4 Å². The van der Waals surface area contributed by atoms with E-state index in [0.717, 1.165) is 15.8 Å². The molecule has 0 saturated carbocycles. The molecular weight excluding hydrogens is 395 g/mol. The number of thioether (sulfide) groups is 1. The molecule has 0 unspecified atom stereocenters. The highest BCUT2D eigenvalue weighted by Gasteiger charge is 2.31. The van der Waals surface area contributed by atoms with Crippen molar-refractivity contribution in [3.63, 3.8) is 0 Å². The van der Waals surface area contributed by atoms with Crippen molar-refractivity contribution in [2.75, 3.05) is 0 Å². The van der Waals surface area contributed by atoms with Gasteiger partial charge in [0, 0.05) is 15.8 Å². The third-order valence-corrected chi connectivity index (χ3v) is 6.08. The molecule has 0 spiro atoms. The van der Waals surface area contributed by atoms with Crippen LogP contribution in [0.5, 0.6) is 0 Å². The third-order valence-electron chi connectivity index (χ3n) is 4.52. The summed E-state index contributed by atoms with van der Waals surface area (Å²) >= 11 is 14.1. The molecule has 5 heteroatoms. The summed E-state index contributed by atoms with van der Waals surface area (Å²) in [5.74, 6) is 0.717. The lowest BCUT2D eigenvalue weighted by Crippen LogP contribution is -2.22. The Hall–Kier alpha value is -1.94. The Morgan fingerprint density at radius 2 is 1.52 bits per heavy atom. The van der Waals surface area contributed by atoms with Gasteiger partial charge in [-0.15, -0.1) is 0 Å². The van der Waals surface area contributed by atoms with Gasteiger partial charge in [0.25, 0.3) is 0 Å². The van der Waals surface area contributed by atoms with Crippen LogP contribution in [0.1, 0.15) is 28.8 Å². The Morgan fingerprint density at radius 1 is 0.852 bits per heavy atom. The molecule has 1 N–H and O–H groups in total. The van der Waals surface area contributed by atoms with Gasteiger partial charge in [-0.1, -0.05) is 95.6 Å². The number of amidine groups is 1. The molecule has 3 aromatic carbocycles. The van der Waals surface area contributed by atoms with E-state index >= 15 is 0 Å². The average molecular weight is 413 g/mol. The molecule has 0 fully saturated rings. The molecule has 0 bridgehead atoms. The van der Waals surface area contributed by atoms with Crippen LogP contribution in [-0.2, 0) is 5.75 Å². The van der Waals surface area contributed by atoms with Crippen molar-refractivity contribution in [1.82, 2.24) is 5.32 Å². The number of benzene rings is 3. The number of aliphatic imine (C=N–C) groups is 1. The summed E-state index contributed by atoms with van der Waals surface area (Å²) in [5.41, 5.74) is 3.44. The molecule has 2 nitrogen and oxygen atoms in total. The van der Waals surface area contributed by atoms with E-state index in [1.807, 2.05) is 24.3 Å². The lowest BCUT2D eigenvalue weighted by molar-refractivity contribution is 0.573. The highest BCUT2D eigenvalue weighted by molar-refractivity contribution is 8.13. The zero-order valence-electron chi connectivity index (χ0n) is 14.5. The number of rotatable bonds is 4. The molecule has 1 aliphatic rings. The van der Waals surface area contributed by atoms with Gasteiger partial charge in [0.15, 0.2) is 5.17 Å². The first-order chi connectivity index (χ1) is 13.2. The molecule has 1 heterocycles. The first-order valence-electron chi connectivity index (χ1n) is 8.71. The van der Waals surface area contributed by atoms with E-state index in [1.54, 1.807) is 17.8 Å². The van der Waals surface area contributed by atoms with Gasteiger partial charge in [-0.05, 0) is 34.9 Å². The summed E-state index contributed by atoms with van der Waals surface area (Å²) in [5, 5.41) is 5.94. The molecule has 0 aromatic heterocycles. The maximum atomic E-state index is 6.30. The Bertz CT molecular complexity index is 945. The monoisotopic (exact) mass is 412 g/mol. The van der Waals surface area contributed by atoms with Gasteiger partial charge in [0.1, 0.15) is 6.04 Å². The molecule has 4 rings (SSSR count). The Kier molecular flexibility index (Phi) is 5.72. The van der Waals surface area contributed by atoms with Crippen molar-refractivity contribution in [3.8, 4) is 0 Å². The first-order valence-corrected chi connectivity index (χ1v) is 10.5. The molecule has 27 heavy (non-hydrogen) atoms. The molecular formula is C22H18Cl2N2S. The van der Waals surface area contributed by atoms with E-state index in [-0.39, 0.29) is 12.1 Å². The Morgan fingerprint density at radius 3 is 2.22 bits per heavy atom. The quantitative estimate of drug-likeness (QED) is 0.517. The van der Waals surface area contributed by atoms with E-state index in [1.165, 1.54) is 11.1 Å². The SMILES string of the molecule is Clc1ccc(Cl)c(CSC2=N[C@H](c3ccccc3)[C@H](c3ccccc3)N2)c1.